The second-order valence-corrected chi connectivity index (χ2v) is 9.33. The molecule has 0 bridgehead atoms. The summed E-state index contributed by atoms with van der Waals surface area (Å²) < 4.78 is 5.40. The van der Waals surface area contributed by atoms with E-state index < -0.39 is 0 Å². The van der Waals surface area contributed by atoms with Gasteiger partial charge in [-0.3, -0.25) is 0 Å². The van der Waals surface area contributed by atoms with Crippen LogP contribution in [-0.2, 0) is 0 Å². The Morgan fingerprint density at radius 2 is 1.55 bits per heavy atom. The number of halogens is 2. The molecule has 1 aliphatic rings. The molecule has 4 nitrogen and oxygen atoms in total. The highest BCUT2D eigenvalue weighted by Crippen LogP contribution is 2.40. The van der Waals surface area contributed by atoms with E-state index in [0.29, 0.717) is 34.6 Å². The molecule has 1 aliphatic carbocycles. The third-order valence-electron chi connectivity index (χ3n) is 6.09. The van der Waals surface area contributed by atoms with Gasteiger partial charge < -0.3 is 9.42 Å². The number of aromatic nitrogens is 2. The van der Waals surface area contributed by atoms with Crippen LogP contribution in [0.3, 0.4) is 0 Å². The van der Waals surface area contributed by atoms with E-state index in [-0.39, 0.29) is 0 Å². The molecule has 0 aliphatic heterocycles. The molecule has 6 heteroatoms. The maximum Gasteiger partial charge on any atom is 0.250 e. The van der Waals surface area contributed by atoms with Crippen LogP contribution in [0.15, 0.2) is 59.1 Å². The monoisotopic (exact) mass is 455 g/mol. The van der Waals surface area contributed by atoms with Gasteiger partial charge in [0.2, 0.25) is 5.82 Å². The number of hydrogen-bond donors (Lipinski definition) is 0. The molecular formula is C25H27Cl2N3O. The highest BCUT2D eigenvalue weighted by molar-refractivity contribution is 6.30. The summed E-state index contributed by atoms with van der Waals surface area (Å²) in [4.78, 5) is 6.82. The lowest BCUT2D eigenvalue weighted by Gasteiger charge is -2.37. The Morgan fingerprint density at radius 3 is 2.16 bits per heavy atom. The molecule has 0 spiro atoms. The molecule has 0 amide bonds. The zero-order chi connectivity index (χ0) is 21.8. The lowest BCUT2D eigenvalue weighted by atomic mass is 9.76. The molecule has 1 atom stereocenters. The number of nitrogens with zero attached hydrogens (tertiary/aromatic N) is 3. The third kappa shape index (κ3) is 5.57. The molecule has 1 saturated carbocycles. The van der Waals surface area contributed by atoms with Gasteiger partial charge in [-0.1, -0.05) is 46.6 Å². The largest absolute Gasteiger partial charge is 0.334 e. The van der Waals surface area contributed by atoms with Crippen molar-refractivity contribution >= 4 is 29.3 Å². The number of hydrogen-bond acceptors (Lipinski definition) is 4. The van der Waals surface area contributed by atoms with E-state index in [9.17, 15) is 0 Å². The first kappa shape index (κ1) is 22.1. The first-order chi connectivity index (χ1) is 15.0. The van der Waals surface area contributed by atoms with Crippen molar-refractivity contribution < 1.29 is 4.52 Å². The Morgan fingerprint density at radius 1 is 0.935 bits per heavy atom. The summed E-state index contributed by atoms with van der Waals surface area (Å²) >= 11 is 12.0. The first-order valence-corrected chi connectivity index (χ1v) is 11.4. The van der Waals surface area contributed by atoms with Crippen molar-refractivity contribution in [3.8, 4) is 11.4 Å². The third-order valence-corrected chi connectivity index (χ3v) is 6.59. The van der Waals surface area contributed by atoms with Gasteiger partial charge in [-0.2, -0.15) is 4.98 Å². The summed E-state index contributed by atoms with van der Waals surface area (Å²) in [5.41, 5.74) is 2.24. The average molecular weight is 456 g/mol. The number of benzene rings is 2. The van der Waals surface area contributed by atoms with Gasteiger partial charge in [0.05, 0.1) is 0 Å². The van der Waals surface area contributed by atoms with Gasteiger partial charge in [-0.25, -0.2) is 0 Å². The molecule has 1 unspecified atom stereocenters. The van der Waals surface area contributed by atoms with E-state index >= 15 is 0 Å². The fraction of sp³-hybridized carbons (Fsp3) is 0.360. The van der Waals surface area contributed by atoms with Gasteiger partial charge in [0.15, 0.2) is 0 Å². The summed E-state index contributed by atoms with van der Waals surface area (Å²) in [6.07, 6.45) is 8.90. The molecule has 0 saturated heterocycles. The molecule has 1 aromatic heterocycles. The van der Waals surface area contributed by atoms with E-state index in [4.69, 9.17) is 27.7 Å². The Balaban J connectivity index is 1.36. The second kappa shape index (κ2) is 9.99. The summed E-state index contributed by atoms with van der Waals surface area (Å²) in [6, 6.07) is 16.2. The van der Waals surface area contributed by atoms with Gasteiger partial charge in [0, 0.05) is 21.7 Å². The number of allylic oxidation sites excluding steroid dienone is 1. The second-order valence-electron chi connectivity index (χ2n) is 8.46. The molecule has 4 rings (SSSR count). The molecule has 1 fully saturated rings. The summed E-state index contributed by atoms with van der Waals surface area (Å²) in [5.74, 6) is 2.30. The fourth-order valence-corrected chi connectivity index (χ4v) is 4.79. The van der Waals surface area contributed by atoms with Gasteiger partial charge >= 0.3 is 0 Å². The fourth-order valence-electron chi connectivity index (χ4n) is 4.54. The highest BCUT2D eigenvalue weighted by atomic mass is 35.5. The molecule has 31 heavy (non-hydrogen) atoms. The maximum absolute atomic E-state index is 6.08. The van der Waals surface area contributed by atoms with Gasteiger partial charge in [0.1, 0.15) is 0 Å². The van der Waals surface area contributed by atoms with Crippen molar-refractivity contribution in [2.45, 2.75) is 31.7 Å². The Hall–Kier alpha value is -2.14. The number of rotatable bonds is 6. The van der Waals surface area contributed by atoms with Crippen LogP contribution in [0.25, 0.3) is 17.5 Å². The molecule has 162 valence electrons. The van der Waals surface area contributed by atoms with Crippen molar-refractivity contribution in [1.82, 2.24) is 15.0 Å². The van der Waals surface area contributed by atoms with Crippen LogP contribution in [0.5, 0.6) is 0 Å². The highest BCUT2D eigenvalue weighted by Gasteiger charge is 2.29. The molecule has 2 aromatic carbocycles. The van der Waals surface area contributed by atoms with Crippen molar-refractivity contribution in [2.24, 2.45) is 11.8 Å². The summed E-state index contributed by atoms with van der Waals surface area (Å²) in [7, 11) is 4.33. The Bertz CT molecular complexity index is 1000. The van der Waals surface area contributed by atoms with Crippen LogP contribution >= 0.6 is 23.2 Å². The zero-order valence-electron chi connectivity index (χ0n) is 17.8. The predicted octanol–water partition coefficient (Wildman–Crippen LogP) is 7.17. The van der Waals surface area contributed by atoms with Crippen LogP contribution in [0.2, 0.25) is 10.0 Å². The molecule has 0 radical (unpaired) electrons. The minimum atomic E-state index is 0.417. The van der Waals surface area contributed by atoms with E-state index in [1.807, 2.05) is 42.5 Å². The van der Waals surface area contributed by atoms with Crippen molar-refractivity contribution in [3.63, 3.8) is 0 Å². The predicted molar refractivity (Wildman–Crippen MR) is 127 cm³/mol. The van der Waals surface area contributed by atoms with E-state index in [0.717, 1.165) is 23.4 Å². The van der Waals surface area contributed by atoms with Gasteiger partial charge in [-0.05, 0) is 99.7 Å². The zero-order valence-corrected chi connectivity index (χ0v) is 19.4. The molecular weight excluding hydrogens is 429 g/mol. The Kier molecular flexibility index (Phi) is 7.11. The molecule has 3 aromatic rings. The lowest BCUT2D eigenvalue weighted by Crippen LogP contribution is -2.30. The standard InChI is InChI=1S/C25H27Cl2N3O/c1-30(2)24(19-8-12-21(26)13-9-19)18-6-3-17(4-7-18)5-16-23-28-25(29-31-23)20-10-14-22(27)15-11-20/h5,8-18,24H,3-4,6-7H2,1-2H3/b16-5+. The minimum absolute atomic E-state index is 0.417. The molecule has 0 N–H and O–H groups in total. The van der Waals surface area contributed by atoms with Crippen LogP contribution in [-0.4, -0.2) is 29.1 Å². The lowest BCUT2D eigenvalue weighted by molar-refractivity contribution is 0.159. The van der Waals surface area contributed by atoms with Crippen molar-refractivity contribution in [2.75, 3.05) is 14.1 Å². The van der Waals surface area contributed by atoms with Crippen molar-refractivity contribution in [1.29, 1.82) is 0 Å². The van der Waals surface area contributed by atoms with Crippen LogP contribution < -0.4 is 0 Å². The van der Waals surface area contributed by atoms with Crippen LogP contribution in [0.1, 0.15) is 43.2 Å². The van der Waals surface area contributed by atoms with E-state index in [1.165, 1.54) is 18.4 Å². The van der Waals surface area contributed by atoms with Crippen molar-refractivity contribution in [3.05, 3.63) is 76.1 Å². The maximum atomic E-state index is 6.08. The minimum Gasteiger partial charge on any atom is -0.334 e. The average Bonchev–Trinajstić information content (AvgIpc) is 3.24. The van der Waals surface area contributed by atoms with Gasteiger partial charge in [0.25, 0.3) is 5.89 Å². The van der Waals surface area contributed by atoms with E-state index in [1.54, 1.807) is 0 Å². The topological polar surface area (TPSA) is 42.2 Å². The quantitative estimate of drug-likeness (QED) is 0.395. The molecule has 1 heterocycles. The van der Waals surface area contributed by atoms with Crippen LogP contribution in [0.4, 0.5) is 0 Å². The normalized spacial score (nSPS) is 20.4. The van der Waals surface area contributed by atoms with Crippen LogP contribution in [0, 0.1) is 11.8 Å². The SMILES string of the molecule is CN(C)C(c1ccc(Cl)cc1)C1CCC(/C=C/c2nc(-c3ccc(Cl)cc3)no2)CC1. The van der Waals surface area contributed by atoms with Gasteiger partial charge in [-0.15, -0.1) is 0 Å². The Labute approximate surface area is 193 Å². The van der Waals surface area contributed by atoms with E-state index in [2.05, 4.69) is 47.3 Å². The first-order valence-electron chi connectivity index (χ1n) is 10.7. The smallest absolute Gasteiger partial charge is 0.250 e. The summed E-state index contributed by atoms with van der Waals surface area (Å²) in [6.45, 7) is 0. The summed E-state index contributed by atoms with van der Waals surface area (Å²) in [5, 5.41) is 5.56.